The van der Waals surface area contributed by atoms with Crippen LogP contribution in [-0.4, -0.2) is 38.0 Å². The second-order valence-corrected chi connectivity index (χ2v) is 6.37. The number of fused-ring (bicyclic) bond motifs is 1. The number of nitrogens with two attached hydrogens (primary N) is 2. The van der Waals surface area contributed by atoms with Gasteiger partial charge >= 0.3 is 6.09 Å². The first-order valence-electron chi connectivity index (χ1n) is 8.76. The summed E-state index contributed by atoms with van der Waals surface area (Å²) in [6, 6.07) is 13.4. The lowest BCUT2D eigenvalue weighted by Gasteiger charge is -2.17. The molecule has 2 aromatic carbocycles. The van der Waals surface area contributed by atoms with Gasteiger partial charge in [0.2, 0.25) is 0 Å². The van der Waals surface area contributed by atoms with Crippen LogP contribution in [-0.2, 0) is 0 Å². The Labute approximate surface area is 169 Å². The molecule has 11 heteroatoms. The Morgan fingerprint density at radius 1 is 1.10 bits per heavy atom. The fourth-order valence-corrected chi connectivity index (χ4v) is 3.01. The summed E-state index contributed by atoms with van der Waals surface area (Å²) in [5.41, 5.74) is 12.8. The first kappa shape index (κ1) is 18.9. The standard InChI is InChI=1S/C19H17FN8O2/c1-27(19(29)30)14-15(21)24-18(25-16(14)22)28-13-9-5-2-6-10(13)17(26-28)23-12-8-4-3-7-11(12)20/h2-9H,1H3,(H,23,26)(H,29,30)(H4,21,22,24,25). The monoisotopic (exact) mass is 408 g/mol. The second kappa shape index (κ2) is 7.20. The number of benzene rings is 2. The molecule has 2 heterocycles. The summed E-state index contributed by atoms with van der Waals surface area (Å²) in [6.07, 6.45) is -1.26. The third kappa shape index (κ3) is 3.17. The Balaban J connectivity index is 1.84. The Morgan fingerprint density at radius 2 is 1.73 bits per heavy atom. The van der Waals surface area contributed by atoms with Gasteiger partial charge in [0.1, 0.15) is 11.5 Å². The van der Waals surface area contributed by atoms with E-state index in [0.717, 1.165) is 4.90 Å². The number of carbonyl (C=O) groups is 1. The normalized spacial score (nSPS) is 10.9. The van der Waals surface area contributed by atoms with Gasteiger partial charge in [-0.25, -0.2) is 9.18 Å². The second-order valence-electron chi connectivity index (χ2n) is 6.37. The molecule has 0 spiro atoms. The fourth-order valence-electron chi connectivity index (χ4n) is 3.01. The van der Waals surface area contributed by atoms with Crippen molar-refractivity contribution in [1.29, 1.82) is 0 Å². The van der Waals surface area contributed by atoms with Gasteiger partial charge in [0, 0.05) is 12.4 Å². The van der Waals surface area contributed by atoms with E-state index in [4.69, 9.17) is 11.5 Å². The summed E-state index contributed by atoms with van der Waals surface area (Å²) in [6.45, 7) is 0. The van der Waals surface area contributed by atoms with Crippen molar-refractivity contribution in [3.8, 4) is 5.95 Å². The lowest BCUT2D eigenvalue weighted by Crippen LogP contribution is -2.27. The van der Waals surface area contributed by atoms with Gasteiger partial charge < -0.3 is 21.9 Å². The van der Waals surface area contributed by atoms with Crippen LogP contribution in [0.2, 0.25) is 0 Å². The van der Waals surface area contributed by atoms with E-state index in [1.807, 2.05) is 6.07 Å². The predicted molar refractivity (Wildman–Crippen MR) is 112 cm³/mol. The molecule has 30 heavy (non-hydrogen) atoms. The van der Waals surface area contributed by atoms with Gasteiger partial charge in [-0.1, -0.05) is 24.3 Å². The minimum Gasteiger partial charge on any atom is -0.465 e. The first-order valence-corrected chi connectivity index (χ1v) is 8.76. The molecule has 0 aliphatic heterocycles. The minimum atomic E-state index is -1.26. The van der Waals surface area contributed by atoms with Crippen LogP contribution in [0.3, 0.4) is 0 Å². The van der Waals surface area contributed by atoms with Crippen molar-refractivity contribution in [3.05, 3.63) is 54.3 Å². The van der Waals surface area contributed by atoms with Crippen LogP contribution in [0.1, 0.15) is 0 Å². The predicted octanol–water partition coefficient (Wildman–Crippen LogP) is 2.98. The number of nitrogens with one attached hydrogen (secondary N) is 1. The van der Waals surface area contributed by atoms with Crippen molar-refractivity contribution in [2.45, 2.75) is 0 Å². The number of halogens is 1. The summed E-state index contributed by atoms with van der Waals surface area (Å²) in [7, 11) is 1.28. The number of nitrogen functional groups attached to an aromatic ring is 2. The van der Waals surface area contributed by atoms with E-state index >= 15 is 0 Å². The van der Waals surface area contributed by atoms with Crippen LogP contribution in [0.15, 0.2) is 48.5 Å². The number of carboxylic acid groups (broad SMARTS) is 1. The number of para-hydroxylation sites is 2. The van der Waals surface area contributed by atoms with Crippen molar-refractivity contribution in [1.82, 2.24) is 19.7 Å². The van der Waals surface area contributed by atoms with Crippen molar-refractivity contribution < 1.29 is 14.3 Å². The topological polar surface area (TPSA) is 148 Å². The Morgan fingerprint density at radius 3 is 2.40 bits per heavy atom. The molecule has 0 aliphatic carbocycles. The van der Waals surface area contributed by atoms with Gasteiger partial charge in [0.15, 0.2) is 17.5 Å². The van der Waals surface area contributed by atoms with Gasteiger partial charge in [0.05, 0.1) is 11.2 Å². The van der Waals surface area contributed by atoms with Gasteiger partial charge in [-0.15, -0.1) is 5.10 Å². The lowest BCUT2D eigenvalue weighted by atomic mass is 10.2. The number of anilines is 5. The van der Waals surface area contributed by atoms with E-state index in [9.17, 15) is 14.3 Å². The molecule has 10 nitrogen and oxygen atoms in total. The van der Waals surface area contributed by atoms with E-state index in [1.165, 1.54) is 17.8 Å². The minimum absolute atomic E-state index is 0.0209. The number of aromatic nitrogens is 4. The average molecular weight is 408 g/mol. The largest absolute Gasteiger partial charge is 0.465 e. The van der Waals surface area contributed by atoms with Crippen molar-refractivity contribution >= 4 is 45.8 Å². The van der Waals surface area contributed by atoms with Crippen LogP contribution < -0.4 is 21.7 Å². The van der Waals surface area contributed by atoms with E-state index in [2.05, 4.69) is 20.4 Å². The molecule has 0 fully saturated rings. The third-order valence-electron chi connectivity index (χ3n) is 4.45. The summed E-state index contributed by atoms with van der Waals surface area (Å²) >= 11 is 0. The summed E-state index contributed by atoms with van der Waals surface area (Å²) in [5.74, 6) is -0.244. The molecule has 0 aliphatic rings. The van der Waals surface area contributed by atoms with Crippen LogP contribution in [0, 0.1) is 5.82 Å². The highest BCUT2D eigenvalue weighted by Crippen LogP contribution is 2.31. The number of hydrogen-bond donors (Lipinski definition) is 4. The third-order valence-corrected chi connectivity index (χ3v) is 4.45. The van der Waals surface area contributed by atoms with Gasteiger partial charge in [-0.2, -0.15) is 14.6 Å². The van der Waals surface area contributed by atoms with E-state index < -0.39 is 11.9 Å². The van der Waals surface area contributed by atoms with E-state index in [1.54, 1.807) is 36.4 Å². The summed E-state index contributed by atoms with van der Waals surface area (Å²) < 4.78 is 15.5. The smallest absolute Gasteiger partial charge is 0.411 e. The molecule has 2 aromatic heterocycles. The number of rotatable bonds is 4. The molecule has 0 atom stereocenters. The van der Waals surface area contributed by atoms with Crippen LogP contribution in [0.25, 0.3) is 16.9 Å². The van der Waals surface area contributed by atoms with E-state index in [-0.39, 0.29) is 29.0 Å². The molecule has 4 rings (SSSR count). The number of hydrogen-bond acceptors (Lipinski definition) is 7. The molecule has 0 radical (unpaired) electrons. The molecule has 1 amide bonds. The highest BCUT2D eigenvalue weighted by atomic mass is 19.1. The molecule has 0 unspecified atom stereocenters. The molecular formula is C19H17FN8O2. The highest BCUT2D eigenvalue weighted by molar-refractivity contribution is 5.94. The maximum atomic E-state index is 14.1. The van der Waals surface area contributed by atoms with Gasteiger partial charge in [-0.05, 0) is 24.3 Å². The SMILES string of the molecule is CN(C(=O)O)c1c(N)nc(-n2nc(Nc3ccccc3F)c3ccccc32)nc1N. The zero-order chi connectivity index (χ0) is 21.4. The van der Waals surface area contributed by atoms with Crippen LogP contribution in [0.5, 0.6) is 0 Å². The molecule has 4 aromatic rings. The molecule has 152 valence electrons. The molecular weight excluding hydrogens is 391 g/mol. The fraction of sp³-hybridized carbons (Fsp3) is 0.0526. The summed E-state index contributed by atoms with van der Waals surface area (Å²) in [4.78, 5) is 20.4. The van der Waals surface area contributed by atoms with Gasteiger partial charge in [0.25, 0.3) is 5.95 Å². The van der Waals surface area contributed by atoms with Crippen LogP contribution >= 0.6 is 0 Å². The maximum Gasteiger partial charge on any atom is 0.411 e. The summed E-state index contributed by atoms with van der Waals surface area (Å²) in [5, 5.41) is 17.3. The average Bonchev–Trinajstić information content (AvgIpc) is 3.07. The Kier molecular flexibility index (Phi) is 4.54. The Hall–Kier alpha value is -4.41. The van der Waals surface area contributed by atoms with Crippen LogP contribution in [0.4, 0.5) is 38.0 Å². The molecule has 0 saturated carbocycles. The maximum absolute atomic E-state index is 14.1. The number of amides is 1. The zero-order valence-electron chi connectivity index (χ0n) is 15.7. The molecule has 6 N–H and O–H groups in total. The van der Waals surface area contributed by atoms with Gasteiger partial charge in [-0.3, -0.25) is 4.90 Å². The highest BCUT2D eigenvalue weighted by Gasteiger charge is 2.21. The van der Waals surface area contributed by atoms with Crippen molar-refractivity contribution in [2.75, 3.05) is 28.7 Å². The Bertz CT molecular complexity index is 1250. The van der Waals surface area contributed by atoms with E-state index in [0.29, 0.717) is 16.7 Å². The quantitative estimate of drug-likeness (QED) is 0.403. The first-order chi connectivity index (χ1) is 14.4. The van der Waals surface area contributed by atoms with Crippen molar-refractivity contribution in [3.63, 3.8) is 0 Å². The zero-order valence-corrected chi connectivity index (χ0v) is 15.7. The lowest BCUT2D eigenvalue weighted by molar-refractivity contribution is 0.203. The number of nitrogens with zero attached hydrogens (tertiary/aromatic N) is 5. The molecule has 0 bridgehead atoms. The van der Waals surface area contributed by atoms with Crippen molar-refractivity contribution in [2.24, 2.45) is 0 Å². The molecule has 0 saturated heterocycles.